The zero-order chi connectivity index (χ0) is 12.1. The van der Waals surface area contributed by atoms with Crippen LogP contribution in [-0.2, 0) is 11.2 Å². The number of benzene rings is 1. The summed E-state index contributed by atoms with van der Waals surface area (Å²) in [4.78, 5) is 13.9. The number of para-hydroxylation sites is 1. The van der Waals surface area contributed by atoms with Crippen molar-refractivity contribution in [1.29, 1.82) is 0 Å². The van der Waals surface area contributed by atoms with Gasteiger partial charge in [-0.25, -0.2) is 0 Å². The average molecular weight is 233 g/mol. The van der Waals surface area contributed by atoms with Crippen molar-refractivity contribution < 1.29 is 9.53 Å². The Kier molecular flexibility index (Phi) is 4.02. The predicted octanol–water partition coefficient (Wildman–Crippen LogP) is 2.25. The molecule has 0 aromatic heterocycles. The second-order valence-corrected chi connectivity index (χ2v) is 4.40. The number of aryl methyl sites for hydroxylation is 1. The second-order valence-electron chi connectivity index (χ2n) is 4.40. The molecule has 92 valence electrons. The maximum atomic E-state index is 11.9. The van der Waals surface area contributed by atoms with E-state index in [2.05, 4.69) is 0 Å². The third kappa shape index (κ3) is 2.99. The molecule has 3 nitrogen and oxygen atoms in total. The smallest absolute Gasteiger partial charge is 0.222 e. The van der Waals surface area contributed by atoms with Crippen LogP contribution in [0.15, 0.2) is 24.3 Å². The van der Waals surface area contributed by atoms with E-state index in [1.54, 1.807) is 7.11 Å². The Balaban J connectivity index is 1.90. The topological polar surface area (TPSA) is 29.5 Å². The highest BCUT2D eigenvalue weighted by Crippen LogP contribution is 2.19. The van der Waals surface area contributed by atoms with Gasteiger partial charge >= 0.3 is 0 Å². The van der Waals surface area contributed by atoms with Gasteiger partial charge in [0.1, 0.15) is 5.75 Å². The van der Waals surface area contributed by atoms with Crippen molar-refractivity contribution in [3.63, 3.8) is 0 Å². The van der Waals surface area contributed by atoms with Gasteiger partial charge in [0.2, 0.25) is 5.91 Å². The van der Waals surface area contributed by atoms with Gasteiger partial charge in [0, 0.05) is 19.5 Å². The third-order valence-electron chi connectivity index (χ3n) is 3.26. The number of hydrogen-bond donors (Lipinski definition) is 0. The number of amides is 1. The molecule has 1 fully saturated rings. The molecule has 1 saturated heterocycles. The first-order valence-electron chi connectivity index (χ1n) is 6.21. The molecule has 3 heteroatoms. The predicted molar refractivity (Wildman–Crippen MR) is 67.1 cm³/mol. The van der Waals surface area contributed by atoms with Crippen LogP contribution in [0.25, 0.3) is 0 Å². The molecule has 1 amide bonds. The maximum Gasteiger partial charge on any atom is 0.222 e. The van der Waals surface area contributed by atoms with Crippen molar-refractivity contribution in [2.45, 2.75) is 25.7 Å². The van der Waals surface area contributed by atoms with Gasteiger partial charge in [0.25, 0.3) is 0 Å². The van der Waals surface area contributed by atoms with Gasteiger partial charge in [-0.15, -0.1) is 0 Å². The standard InChI is InChI=1S/C14H19NO2/c1-17-13-7-3-2-6-12(13)8-9-14(16)15-10-4-5-11-15/h2-3,6-7H,4-5,8-11H2,1H3. The summed E-state index contributed by atoms with van der Waals surface area (Å²) in [5.41, 5.74) is 1.11. The van der Waals surface area contributed by atoms with Gasteiger partial charge < -0.3 is 9.64 Å². The van der Waals surface area contributed by atoms with Gasteiger partial charge in [-0.1, -0.05) is 18.2 Å². The molecule has 0 spiro atoms. The van der Waals surface area contributed by atoms with Gasteiger partial charge in [-0.05, 0) is 30.9 Å². The Morgan fingerprint density at radius 2 is 2.00 bits per heavy atom. The van der Waals surface area contributed by atoms with Crippen molar-refractivity contribution in [3.8, 4) is 5.75 Å². The molecule has 0 bridgehead atoms. The Labute approximate surface area is 102 Å². The molecule has 1 aliphatic rings. The molecule has 0 N–H and O–H groups in total. The summed E-state index contributed by atoms with van der Waals surface area (Å²) in [7, 11) is 1.67. The highest BCUT2D eigenvalue weighted by molar-refractivity contribution is 5.76. The molecule has 17 heavy (non-hydrogen) atoms. The zero-order valence-electron chi connectivity index (χ0n) is 10.3. The fourth-order valence-electron chi connectivity index (χ4n) is 2.28. The molecule has 2 rings (SSSR count). The van der Waals surface area contributed by atoms with Crippen LogP contribution < -0.4 is 4.74 Å². The first kappa shape index (κ1) is 12.0. The molecular formula is C14H19NO2. The molecular weight excluding hydrogens is 214 g/mol. The Bertz CT molecular complexity index is 384. The number of rotatable bonds is 4. The summed E-state index contributed by atoms with van der Waals surface area (Å²) in [6.07, 6.45) is 3.65. The lowest BCUT2D eigenvalue weighted by Crippen LogP contribution is -2.27. The molecule has 1 aromatic carbocycles. The molecule has 1 heterocycles. The highest BCUT2D eigenvalue weighted by atomic mass is 16.5. The number of hydrogen-bond acceptors (Lipinski definition) is 2. The van der Waals surface area contributed by atoms with Crippen molar-refractivity contribution in [1.82, 2.24) is 4.90 Å². The van der Waals surface area contributed by atoms with E-state index in [9.17, 15) is 4.79 Å². The van der Waals surface area contributed by atoms with Crippen molar-refractivity contribution in [2.24, 2.45) is 0 Å². The summed E-state index contributed by atoms with van der Waals surface area (Å²) in [6, 6.07) is 7.90. The number of carbonyl (C=O) groups is 1. The van der Waals surface area contributed by atoms with Crippen LogP contribution in [0, 0.1) is 0 Å². The van der Waals surface area contributed by atoms with Crippen LogP contribution in [0.3, 0.4) is 0 Å². The second kappa shape index (κ2) is 5.71. The summed E-state index contributed by atoms with van der Waals surface area (Å²) in [6.45, 7) is 1.87. The fourth-order valence-corrected chi connectivity index (χ4v) is 2.28. The minimum atomic E-state index is 0.272. The lowest BCUT2D eigenvalue weighted by Gasteiger charge is -2.15. The highest BCUT2D eigenvalue weighted by Gasteiger charge is 2.17. The van der Waals surface area contributed by atoms with E-state index in [1.165, 1.54) is 0 Å². The molecule has 0 radical (unpaired) electrons. The number of likely N-dealkylation sites (tertiary alicyclic amines) is 1. The molecule has 0 aliphatic carbocycles. The minimum Gasteiger partial charge on any atom is -0.496 e. The lowest BCUT2D eigenvalue weighted by atomic mass is 10.1. The van der Waals surface area contributed by atoms with Crippen LogP contribution in [-0.4, -0.2) is 31.0 Å². The van der Waals surface area contributed by atoms with Crippen LogP contribution >= 0.6 is 0 Å². The van der Waals surface area contributed by atoms with Gasteiger partial charge in [0.05, 0.1) is 7.11 Å². The normalized spacial score (nSPS) is 15.0. The number of ether oxygens (including phenoxy) is 1. The maximum absolute atomic E-state index is 11.9. The van der Waals surface area contributed by atoms with Crippen molar-refractivity contribution >= 4 is 5.91 Å². The Hall–Kier alpha value is -1.51. The molecule has 0 atom stereocenters. The molecule has 0 saturated carbocycles. The molecule has 1 aliphatic heterocycles. The lowest BCUT2D eigenvalue weighted by molar-refractivity contribution is -0.130. The molecule has 0 unspecified atom stereocenters. The summed E-state index contributed by atoms with van der Waals surface area (Å²) < 4.78 is 5.28. The van der Waals surface area contributed by atoms with Crippen molar-refractivity contribution in [2.75, 3.05) is 20.2 Å². The zero-order valence-corrected chi connectivity index (χ0v) is 10.3. The minimum absolute atomic E-state index is 0.272. The number of carbonyl (C=O) groups excluding carboxylic acids is 1. The van der Waals surface area contributed by atoms with E-state index in [1.807, 2.05) is 29.2 Å². The Morgan fingerprint density at radius 3 is 2.71 bits per heavy atom. The van der Waals surface area contributed by atoms with E-state index in [4.69, 9.17) is 4.74 Å². The van der Waals surface area contributed by atoms with Gasteiger partial charge in [-0.2, -0.15) is 0 Å². The van der Waals surface area contributed by atoms with E-state index in [0.717, 1.165) is 43.7 Å². The summed E-state index contributed by atoms with van der Waals surface area (Å²) in [5, 5.41) is 0. The fraction of sp³-hybridized carbons (Fsp3) is 0.500. The Morgan fingerprint density at radius 1 is 1.29 bits per heavy atom. The van der Waals surface area contributed by atoms with Crippen LogP contribution in [0.4, 0.5) is 0 Å². The SMILES string of the molecule is COc1ccccc1CCC(=O)N1CCCC1. The number of methoxy groups -OCH3 is 1. The van der Waals surface area contributed by atoms with E-state index >= 15 is 0 Å². The first-order chi connectivity index (χ1) is 8.31. The van der Waals surface area contributed by atoms with Gasteiger partial charge in [0.15, 0.2) is 0 Å². The van der Waals surface area contributed by atoms with E-state index in [-0.39, 0.29) is 5.91 Å². The van der Waals surface area contributed by atoms with Gasteiger partial charge in [-0.3, -0.25) is 4.79 Å². The van der Waals surface area contributed by atoms with Crippen LogP contribution in [0.2, 0.25) is 0 Å². The van der Waals surface area contributed by atoms with Crippen molar-refractivity contribution in [3.05, 3.63) is 29.8 Å². The first-order valence-corrected chi connectivity index (χ1v) is 6.21. The average Bonchev–Trinajstić information content (AvgIpc) is 2.90. The largest absolute Gasteiger partial charge is 0.496 e. The number of nitrogens with zero attached hydrogens (tertiary/aromatic N) is 1. The van der Waals surface area contributed by atoms with Crippen LogP contribution in [0.1, 0.15) is 24.8 Å². The van der Waals surface area contributed by atoms with E-state index in [0.29, 0.717) is 6.42 Å². The monoisotopic (exact) mass is 233 g/mol. The summed E-state index contributed by atoms with van der Waals surface area (Å²) in [5.74, 6) is 1.15. The van der Waals surface area contributed by atoms with E-state index < -0.39 is 0 Å². The molecule has 1 aromatic rings. The quantitative estimate of drug-likeness (QED) is 0.798. The van der Waals surface area contributed by atoms with Crippen LogP contribution in [0.5, 0.6) is 5.75 Å². The third-order valence-corrected chi connectivity index (χ3v) is 3.26. The summed E-state index contributed by atoms with van der Waals surface area (Å²) >= 11 is 0.